The van der Waals surface area contributed by atoms with E-state index in [9.17, 15) is 9.90 Å². The number of carboxylic acid groups (broad SMARTS) is 1. The average Bonchev–Trinajstić information content (AvgIpc) is 2.61. The van der Waals surface area contributed by atoms with E-state index < -0.39 is 11.7 Å². The van der Waals surface area contributed by atoms with Crippen molar-refractivity contribution in [2.45, 2.75) is 0 Å². The molecular weight excluding hydrogens is 367 g/mol. The van der Waals surface area contributed by atoms with Crippen molar-refractivity contribution >= 4 is 41.1 Å². The zero-order valence-corrected chi connectivity index (χ0v) is 14.6. The van der Waals surface area contributed by atoms with Crippen LogP contribution in [0.2, 0.25) is 5.02 Å². The molecule has 2 rings (SSSR count). The second-order valence-electron chi connectivity index (χ2n) is 4.64. The van der Waals surface area contributed by atoms with Gasteiger partial charge in [-0.15, -0.1) is 0 Å². The molecule has 2 aromatic carbocycles. The first kappa shape index (κ1) is 18.6. The summed E-state index contributed by atoms with van der Waals surface area (Å²) in [7, 11) is 1.53. The van der Waals surface area contributed by atoms with Crippen LogP contribution in [0.5, 0.6) is 11.5 Å². The zero-order chi connectivity index (χ0) is 18.2. The Morgan fingerprint density at radius 2 is 1.72 bits per heavy atom. The van der Waals surface area contributed by atoms with Gasteiger partial charge in [-0.25, -0.2) is 4.79 Å². The number of anilines is 1. The molecule has 0 aromatic heterocycles. The number of nitrogens with zero attached hydrogens (tertiary/aromatic N) is 1. The SMILES string of the molecule is COc1ccc(OC(C(=O)O)=C(Cl)C=NNc2ccc(Cl)cc2)cc1. The number of carboxylic acids is 1. The Kier molecular flexibility index (Phi) is 6.68. The van der Waals surface area contributed by atoms with Gasteiger partial charge in [0.25, 0.3) is 0 Å². The van der Waals surface area contributed by atoms with E-state index in [4.69, 9.17) is 32.7 Å². The third-order valence-corrected chi connectivity index (χ3v) is 3.43. The van der Waals surface area contributed by atoms with Crippen molar-refractivity contribution in [3.63, 3.8) is 0 Å². The Hall–Kier alpha value is -2.70. The summed E-state index contributed by atoms with van der Waals surface area (Å²) in [5.74, 6) is -0.851. The summed E-state index contributed by atoms with van der Waals surface area (Å²) >= 11 is 11.8. The largest absolute Gasteiger partial charge is 0.497 e. The molecule has 0 aliphatic heterocycles. The van der Waals surface area contributed by atoms with Gasteiger partial charge in [0.1, 0.15) is 16.5 Å². The summed E-state index contributed by atoms with van der Waals surface area (Å²) in [5, 5.41) is 13.6. The average molecular weight is 381 g/mol. The highest BCUT2D eigenvalue weighted by atomic mass is 35.5. The molecule has 0 fully saturated rings. The number of hydrogen-bond acceptors (Lipinski definition) is 5. The monoisotopic (exact) mass is 380 g/mol. The van der Waals surface area contributed by atoms with Gasteiger partial charge < -0.3 is 14.6 Å². The molecular formula is C17H14Cl2N2O4. The Morgan fingerprint density at radius 1 is 1.12 bits per heavy atom. The number of methoxy groups -OCH3 is 1. The maximum atomic E-state index is 11.4. The highest BCUT2D eigenvalue weighted by Gasteiger charge is 2.15. The highest BCUT2D eigenvalue weighted by Crippen LogP contribution is 2.21. The Bertz CT molecular complexity index is 787. The number of rotatable bonds is 7. The lowest BCUT2D eigenvalue weighted by Crippen LogP contribution is -2.10. The predicted octanol–water partition coefficient (Wildman–Crippen LogP) is 4.36. The second-order valence-corrected chi connectivity index (χ2v) is 5.48. The fourth-order valence-corrected chi connectivity index (χ4v) is 2.00. The standard InChI is InChI=1S/C17H14Cl2N2O4/c1-24-13-6-8-14(9-7-13)25-16(17(22)23)15(19)10-20-21-12-4-2-11(18)3-5-12/h2-10,21H,1H3,(H,22,23). The molecule has 0 unspecified atom stereocenters. The van der Waals surface area contributed by atoms with E-state index in [0.29, 0.717) is 22.2 Å². The molecule has 0 saturated carbocycles. The van der Waals surface area contributed by atoms with E-state index in [1.807, 2.05) is 0 Å². The van der Waals surface area contributed by atoms with Gasteiger partial charge in [-0.3, -0.25) is 5.43 Å². The minimum absolute atomic E-state index is 0.176. The first-order valence-corrected chi connectivity index (χ1v) is 7.75. The van der Waals surface area contributed by atoms with Crippen LogP contribution in [0.1, 0.15) is 0 Å². The first-order chi connectivity index (χ1) is 12.0. The van der Waals surface area contributed by atoms with Gasteiger partial charge in [-0.05, 0) is 48.5 Å². The van der Waals surface area contributed by atoms with Gasteiger partial charge in [-0.2, -0.15) is 5.10 Å². The summed E-state index contributed by atoms with van der Waals surface area (Å²) in [6, 6.07) is 13.2. The molecule has 8 heteroatoms. The summed E-state index contributed by atoms with van der Waals surface area (Å²) in [6.45, 7) is 0. The van der Waals surface area contributed by atoms with Gasteiger partial charge in [0.05, 0.1) is 19.0 Å². The van der Waals surface area contributed by atoms with Crippen LogP contribution < -0.4 is 14.9 Å². The molecule has 0 atom stereocenters. The molecule has 0 radical (unpaired) electrons. The predicted molar refractivity (Wildman–Crippen MR) is 97.7 cm³/mol. The van der Waals surface area contributed by atoms with Crippen molar-refractivity contribution in [2.24, 2.45) is 5.10 Å². The van der Waals surface area contributed by atoms with Crippen LogP contribution >= 0.6 is 23.2 Å². The van der Waals surface area contributed by atoms with E-state index >= 15 is 0 Å². The van der Waals surface area contributed by atoms with Crippen molar-refractivity contribution in [3.05, 3.63) is 64.3 Å². The lowest BCUT2D eigenvalue weighted by atomic mass is 10.3. The molecule has 130 valence electrons. The molecule has 6 nitrogen and oxygen atoms in total. The molecule has 0 aliphatic rings. The van der Waals surface area contributed by atoms with Gasteiger partial charge in [0, 0.05) is 5.02 Å². The number of nitrogens with one attached hydrogen (secondary N) is 1. The van der Waals surface area contributed by atoms with Crippen molar-refractivity contribution < 1.29 is 19.4 Å². The number of aliphatic carboxylic acids is 1. The van der Waals surface area contributed by atoms with Crippen LogP contribution in [-0.4, -0.2) is 24.4 Å². The highest BCUT2D eigenvalue weighted by molar-refractivity contribution is 6.41. The van der Waals surface area contributed by atoms with Crippen LogP contribution in [0, 0.1) is 0 Å². The fraction of sp³-hybridized carbons (Fsp3) is 0.0588. The summed E-state index contributed by atoms with van der Waals surface area (Å²) < 4.78 is 10.3. The second kappa shape index (κ2) is 8.96. The van der Waals surface area contributed by atoms with Crippen LogP contribution in [0.15, 0.2) is 64.4 Å². The van der Waals surface area contributed by atoms with Crippen molar-refractivity contribution in [2.75, 3.05) is 12.5 Å². The topological polar surface area (TPSA) is 80.2 Å². The van der Waals surface area contributed by atoms with Crippen LogP contribution in [0.4, 0.5) is 5.69 Å². The van der Waals surface area contributed by atoms with Gasteiger partial charge in [0.15, 0.2) is 0 Å². The quantitative estimate of drug-likeness (QED) is 0.322. The molecule has 0 amide bonds. The van der Waals surface area contributed by atoms with Crippen LogP contribution in [0.3, 0.4) is 0 Å². The van der Waals surface area contributed by atoms with Gasteiger partial charge in [0.2, 0.25) is 5.76 Å². The zero-order valence-electron chi connectivity index (χ0n) is 13.1. The number of carbonyl (C=O) groups is 1. The number of halogens is 2. The molecule has 2 N–H and O–H groups in total. The third-order valence-electron chi connectivity index (χ3n) is 2.91. The third kappa shape index (κ3) is 5.70. The fourth-order valence-electron chi connectivity index (χ4n) is 1.70. The molecule has 0 saturated heterocycles. The van der Waals surface area contributed by atoms with Crippen molar-refractivity contribution in [1.29, 1.82) is 0 Å². The van der Waals surface area contributed by atoms with Crippen LogP contribution in [-0.2, 0) is 4.79 Å². The van der Waals surface area contributed by atoms with E-state index in [1.165, 1.54) is 7.11 Å². The number of ether oxygens (including phenoxy) is 2. The number of allylic oxidation sites excluding steroid dienone is 1. The normalized spacial score (nSPS) is 11.8. The molecule has 0 bridgehead atoms. The smallest absolute Gasteiger partial charge is 0.373 e. The minimum atomic E-state index is -1.32. The summed E-state index contributed by atoms with van der Waals surface area (Å²) in [5.41, 5.74) is 3.37. The van der Waals surface area contributed by atoms with E-state index in [2.05, 4.69) is 10.5 Å². The van der Waals surface area contributed by atoms with Crippen molar-refractivity contribution in [1.82, 2.24) is 0 Å². The van der Waals surface area contributed by atoms with Gasteiger partial charge >= 0.3 is 5.97 Å². The number of benzene rings is 2. The number of hydrazone groups is 1. The first-order valence-electron chi connectivity index (χ1n) is 6.99. The van der Waals surface area contributed by atoms with Gasteiger partial charge in [-0.1, -0.05) is 23.2 Å². The van der Waals surface area contributed by atoms with E-state index in [0.717, 1.165) is 6.21 Å². The summed E-state index contributed by atoms with van der Waals surface area (Å²) in [4.78, 5) is 11.4. The molecule has 0 spiro atoms. The lowest BCUT2D eigenvalue weighted by Gasteiger charge is -2.08. The Morgan fingerprint density at radius 3 is 2.28 bits per heavy atom. The number of hydrogen-bond donors (Lipinski definition) is 2. The molecule has 2 aromatic rings. The minimum Gasteiger partial charge on any atom is -0.497 e. The Labute approximate surface area is 154 Å². The maximum Gasteiger partial charge on any atom is 0.373 e. The summed E-state index contributed by atoms with van der Waals surface area (Å²) in [6.07, 6.45) is 1.14. The van der Waals surface area contributed by atoms with Crippen LogP contribution in [0.25, 0.3) is 0 Å². The molecule has 25 heavy (non-hydrogen) atoms. The maximum absolute atomic E-state index is 11.4. The lowest BCUT2D eigenvalue weighted by molar-refractivity contribution is -0.135. The molecule has 0 heterocycles. The molecule has 0 aliphatic carbocycles. The van der Waals surface area contributed by atoms with E-state index in [-0.39, 0.29) is 5.03 Å². The Balaban J connectivity index is 2.10. The van der Waals surface area contributed by atoms with E-state index in [1.54, 1.807) is 48.5 Å². The van der Waals surface area contributed by atoms with Crippen molar-refractivity contribution in [3.8, 4) is 11.5 Å².